The summed E-state index contributed by atoms with van der Waals surface area (Å²) >= 11 is 5.90. The lowest BCUT2D eigenvalue weighted by atomic mass is 9.80. The normalized spacial score (nSPS) is 25.1. The van der Waals surface area contributed by atoms with E-state index in [9.17, 15) is 9.59 Å². The molecule has 2 fully saturated rings. The van der Waals surface area contributed by atoms with Crippen molar-refractivity contribution in [2.75, 3.05) is 19.6 Å². The Kier molecular flexibility index (Phi) is 6.71. The van der Waals surface area contributed by atoms with E-state index in [4.69, 9.17) is 17.3 Å². The molecule has 1 saturated heterocycles. The van der Waals surface area contributed by atoms with Gasteiger partial charge >= 0.3 is 0 Å². The van der Waals surface area contributed by atoms with Gasteiger partial charge < -0.3 is 10.6 Å². The first-order valence-corrected chi connectivity index (χ1v) is 10.2. The summed E-state index contributed by atoms with van der Waals surface area (Å²) in [6, 6.07) is 7.24. The van der Waals surface area contributed by atoms with Gasteiger partial charge in [-0.3, -0.25) is 9.59 Å². The zero-order valence-electron chi connectivity index (χ0n) is 15.3. The molecule has 0 bridgehead atoms. The number of piperidine rings is 1. The zero-order valence-corrected chi connectivity index (χ0v) is 16.1. The first kappa shape index (κ1) is 19.4. The van der Waals surface area contributed by atoms with Gasteiger partial charge in [0.1, 0.15) is 0 Å². The number of carbonyl (C=O) groups is 2. The number of nitrogens with zero attached hydrogens (tertiary/aromatic N) is 1. The van der Waals surface area contributed by atoms with E-state index >= 15 is 0 Å². The number of ketones is 1. The Balaban J connectivity index is 1.38. The predicted octanol–water partition coefficient (Wildman–Crippen LogP) is 3.92. The number of nitrogens with two attached hydrogens (primary N) is 1. The van der Waals surface area contributed by atoms with Crippen LogP contribution in [0, 0.1) is 17.8 Å². The van der Waals surface area contributed by atoms with Gasteiger partial charge in [-0.25, -0.2) is 0 Å². The molecule has 1 saturated carbocycles. The van der Waals surface area contributed by atoms with E-state index in [1.807, 2.05) is 12.1 Å². The minimum Gasteiger partial charge on any atom is -0.369 e. The highest BCUT2D eigenvalue weighted by Gasteiger charge is 2.28. The fraction of sp³-hybridized carbons (Fsp3) is 0.619. The lowest BCUT2D eigenvalue weighted by Crippen LogP contribution is -2.37. The van der Waals surface area contributed by atoms with Crippen LogP contribution in [0.2, 0.25) is 5.02 Å². The molecule has 5 heteroatoms. The van der Waals surface area contributed by atoms with Gasteiger partial charge in [-0.05, 0) is 94.8 Å². The van der Waals surface area contributed by atoms with E-state index in [0.717, 1.165) is 69.6 Å². The lowest BCUT2D eigenvalue weighted by Gasteiger charge is -2.33. The van der Waals surface area contributed by atoms with Crippen LogP contribution >= 0.6 is 11.6 Å². The number of hydrogen-bond donors (Lipinski definition) is 1. The number of benzene rings is 1. The maximum Gasteiger partial charge on any atom is 0.220 e. The van der Waals surface area contributed by atoms with Crippen molar-refractivity contribution in [2.24, 2.45) is 23.5 Å². The molecule has 26 heavy (non-hydrogen) atoms. The standard InChI is InChI=1S/C21H29ClN2O2/c22-19-7-5-16(6-8-19)20(25)17-10-13-24(14-11-17)12-9-15-1-3-18(4-2-15)21(23)26/h5-8,15,17-18H,1-4,9-14H2,(H2,23,26). The average molecular weight is 377 g/mol. The third kappa shape index (κ3) is 5.08. The Bertz CT molecular complexity index is 615. The monoisotopic (exact) mass is 376 g/mol. The smallest absolute Gasteiger partial charge is 0.220 e. The number of halogens is 1. The topological polar surface area (TPSA) is 63.4 Å². The summed E-state index contributed by atoms with van der Waals surface area (Å²) in [7, 11) is 0. The Morgan fingerprint density at radius 2 is 1.58 bits per heavy atom. The maximum absolute atomic E-state index is 12.6. The van der Waals surface area contributed by atoms with Crippen molar-refractivity contribution in [3.05, 3.63) is 34.9 Å². The number of carbonyl (C=O) groups excluding carboxylic acids is 2. The predicted molar refractivity (Wildman–Crippen MR) is 104 cm³/mol. The van der Waals surface area contributed by atoms with Crippen LogP contribution in [0.25, 0.3) is 0 Å². The highest BCUT2D eigenvalue weighted by Crippen LogP contribution is 2.31. The summed E-state index contributed by atoms with van der Waals surface area (Å²) < 4.78 is 0. The van der Waals surface area contributed by atoms with E-state index in [1.165, 1.54) is 6.42 Å². The highest BCUT2D eigenvalue weighted by atomic mass is 35.5. The van der Waals surface area contributed by atoms with Crippen molar-refractivity contribution >= 4 is 23.3 Å². The molecule has 2 aliphatic rings. The molecule has 3 rings (SSSR count). The van der Waals surface area contributed by atoms with E-state index in [0.29, 0.717) is 5.02 Å². The minimum atomic E-state index is -0.129. The van der Waals surface area contributed by atoms with Crippen LogP contribution in [0.3, 0.4) is 0 Å². The second kappa shape index (κ2) is 9.01. The molecule has 0 unspecified atom stereocenters. The van der Waals surface area contributed by atoms with E-state index in [1.54, 1.807) is 12.1 Å². The van der Waals surface area contributed by atoms with Crippen molar-refractivity contribution in [2.45, 2.75) is 44.9 Å². The molecule has 1 aromatic carbocycles. The third-order valence-corrected chi connectivity index (χ3v) is 6.44. The number of amides is 1. The van der Waals surface area contributed by atoms with Gasteiger partial charge in [0, 0.05) is 22.4 Å². The van der Waals surface area contributed by atoms with Gasteiger partial charge in [-0.2, -0.15) is 0 Å². The number of likely N-dealkylation sites (tertiary alicyclic amines) is 1. The van der Waals surface area contributed by atoms with Crippen LogP contribution in [0.5, 0.6) is 0 Å². The molecule has 1 aromatic rings. The van der Waals surface area contributed by atoms with Crippen LogP contribution in [0.1, 0.15) is 55.3 Å². The molecule has 142 valence electrons. The Labute approximate surface area is 161 Å². The van der Waals surface area contributed by atoms with Gasteiger partial charge in [0.15, 0.2) is 5.78 Å². The molecule has 2 N–H and O–H groups in total. The minimum absolute atomic E-state index is 0.0980. The van der Waals surface area contributed by atoms with Gasteiger partial charge in [0.25, 0.3) is 0 Å². The van der Waals surface area contributed by atoms with Crippen molar-refractivity contribution in [3.8, 4) is 0 Å². The van der Waals surface area contributed by atoms with E-state index in [-0.39, 0.29) is 23.5 Å². The van der Waals surface area contributed by atoms with Crippen molar-refractivity contribution in [3.63, 3.8) is 0 Å². The Morgan fingerprint density at radius 1 is 0.962 bits per heavy atom. The maximum atomic E-state index is 12.6. The Morgan fingerprint density at radius 3 is 2.15 bits per heavy atom. The van der Waals surface area contributed by atoms with Crippen LogP contribution in [0.15, 0.2) is 24.3 Å². The Hall–Kier alpha value is -1.39. The fourth-order valence-electron chi connectivity index (χ4n) is 4.37. The molecule has 1 aliphatic heterocycles. The molecule has 4 nitrogen and oxygen atoms in total. The molecular weight excluding hydrogens is 348 g/mol. The first-order valence-electron chi connectivity index (χ1n) is 9.84. The molecule has 0 aromatic heterocycles. The molecule has 1 heterocycles. The largest absolute Gasteiger partial charge is 0.369 e. The fourth-order valence-corrected chi connectivity index (χ4v) is 4.50. The summed E-state index contributed by atoms with van der Waals surface area (Å²) in [6.45, 7) is 3.11. The highest BCUT2D eigenvalue weighted by molar-refractivity contribution is 6.30. The van der Waals surface area contributed by atoms with Crippen molar-refractivity contribution in [1.82, 2.24) is 4.90 Å². The molecule has 0 atom stereocenters. The van der Waals surface area contributed by atoms with Crippen LogP contribution < -0.4 is 5.73 Å². The van der Waals surface area contributed by atoms with E-state index in [2.05, 4.69) is 4.90 Å². The lowest BCUT2D eigenvalue weighted by molar-refractivity contribution is -0.123. The second-order valence-corrected chi connectivity index (χ2v) is 8.33. The van der Waals surface area contributed by atoms with Crippen molar-refractivity contribution < 1.29 is 9.59 Å². The zero-order chi connectivity index (χ0) is 18.5. The van der Waals surface area contributed by atoms with E-state index < -0.39 is 0 Å². The van der Waals surface area contributed by atoms with Gasteiger partial charge in [-0.1, -0.05) is 11.6 Å². The molecule has 1 aliphatic carbocycles. The first-order chi connectivity index (χ1) is 12.5. The number of primary amides is 1. The summed E-state index contributed by atoms with van der Waals surface area (Å²) in [6.07, 6.45) is 7.24. The van der Waals surface area contributed by atoms with Crippen LogP contribution in [-0.4, -0.2) is 36.2 Å². The van der Waals surface area contributed by atoms with Gasteiger partial charge in [0.2, 0.25) is 5.91 Å². The quantitative estimate of drug-likeness (QED) is 0.765. The molecule has 0 spiro atoms. The number of hydrogen-bond acceptors (Lipinski definition) is 3. The second-order valence-electron chi connectivity index (χ2n) is 7.90. The molecular formula is C21H29ClN2O2. The number of Topliss-reactive ketones (excluding diaryl/α,β-unsaturated/α-hetero) is 1. The van der Waals surface area contributed by atoms with Crippen LogP contribution in [-0.2, 0) is 4.79 Å². The molecule has 0 radical (unpaired) electrons. The summed E-state index contributed by atoms with van der Waals surface area (Å²) in [4.78, 5) is 26.4. The average Bonchev–Trinajstić information content (AvgIpc) is 2.67. The number of rotatable bonds is 6. The van der Waals surface area contributed by atoms with Gasteiger partial charge in [-0.15, -0.1) is 0 Å². The third-order valence-electron chi connectivity index (χ3n) is 6.19. The summed E-state index contributed by atoms with van der Waals surface area (Å²) in [5.74, 6) is 1.08. The van der Waals surface area contributed by atoms with Crippen LogP contribution in [0.4, 0.5) is 0 Å². The summed E-state index contributed by atoms with van der Waals surface area (Å²) in [5.41, 5.74) is 6.19. The van der Waals surface area contributed by atoms with Gasteiger partial charge in [0.05, 0.1) is 0 Å². The summed E-state index contributed by atoms with van der Waals surface area (Å²) in [5, 5.41) is 0.668. The molecule has 1 amide bonds. The van der Waals surface area contributed by atoms with Crippen molar-refractivity contribution in [1.29, 1.82) is 0 Å². The SMILES string of the molecule is NC(=O)C1CCC(CCN2CCC(C(=O)c3ccc(Cl)cc3)CC2)CC1.